The lowest BCUT2D eigenvalue weighted by molar-refractivity contribution is -0.162. The van der Waals surface area contributed by atoms with Crippen LogP contribution in [0.3, 0.4) is 0 Å². The maximum atomic E-state index is 13.9. The van der Waals surface area contributed by atoms with Crippen molar-refractivity contribution >= 4 is 150 Å². The number of esters is 3. The predicted octanol–water partition coefficient (Wildman–Crippen LogP) is 11.1. The van der Waals surface area contributed by atoms with Gasteiger partial charge in [0.25, 0.3) is 6.47 Å². The Morgan fingerprint density at radius 3 is 1.36 bits per heavy atom. The fraction of sp³-hybridized carbons (Fsp3) is 0.417. The molecule has 6 aromatic rings. The van der Waals surface area contributed by atoms with Crippen molar-refractivity contribution in [3.05, 3.63) is 185 Å². The van der Waals surface area contributed by atoms with Crippen molar-refractivity contribution in [1.29, 1.82) is 0 Å². The highest BCUT2D eigenvalue weighted by Gasteiger charge is 2.44. The van der Waals surface area contributed by atoms with E-state index in [1.807, 2.05) is 38.5 Å². The van der Waals surface area contributed by atoms with Crippen molar-refractivity contribution in [3.8, 4) is 0 Å². The maximum absolute atomic E-state index is 13.9. The molecule has 5 N–H and O–H groups in total. The molecular formula is C72H78BrCl4FN12O15S3. The molecule has 3 fully saturated rings. The lowest BCUT2D eigenvalue weighted by Gasteiger charge is -2.42. The zero-order valence-corrected chi connectivity index (χ0v) is 66.6. The summed E-state index contributed by atoms with van der Waals surface area (Å²) in [5.74, 6) is -2.70. The van der Waals surface area contributed by atoms with Crippen LogP contribution in [0.5, 0.6) is 0 Å². The van der Waals surface area contributed by atoms with Crippen molar-refractivity contribution < 1.29 is 76.5 Å². The fourth-order valence-electron chi connectivity index (χ4n) is 12.6. The number of hydrogen-bond acceptors (Lipinski definition) is 28. The second-order valence-electron chi connectivity index (χ2n) is 26.0. The smallest absolute Gasteiger partial charge is 0.338 e. The van der Waals surface area contributed by atoms with Gasteiger partial charge in [-0.1, -0.05) is 80.5 Å². The molecule has 0 spiro atoms. The number of thiazole rings is 3. The normalized spacial score (nSPS) is 21.5. The molecule has 576 valence electrons. The molecule has 6 atom stereocenters. The number of amidine groups is 3. The van der Waals surface area contributed by atoms with Crippen molar-refractivity contribution in [2.45, 2.75) is 102 Å². The van der Waals surface area contributed by atoms with Crippen LogP contribution in [-0.4, -0.2) is 215 Å². The molecule has 6 aliphatic rings. The summed E-state index contributed by atoms with van der Waals surface area (Å²) < 4.78 is 52.7. The van der Waals surface area contributed by atoms with Gasteiger partial charge >= 0.3 is 29.8 Å². The maximum Gasteiger partial charge on any atom is 0.338 e. The van der Waals surface area contributed by atoms with Gasteiger partial charge in [0, 0.05) is 133 Å². The number of nitrogens with one attached hydrogen (secondary N) is 3. The Labute approximate surface area is 662 Å². The summed E-state index contributed by atoms with van der Waals surface area (Å²) in [5, 5.41) is 38.5. The van der Waals surface area contributed by atoms with Gasteiger partial charge in [0.2, 0.25) is 0 Å². The van der Waals surface area contributed by atoms with Crippen LogP contribution in [0.25, 0.3) is 0 Å². The molecule has 36 heteroatoms. The number of aliphatic carboxylic acids is 2. The monoisotopic (exact) mass is 1680 g/mol. The van der Waals surface area contributed by atoms with Crippen LogP contribution in [0, 0.1) is 5.82 Å². The molecule has 0 aliphatic carbocycles. The molecule has 4 unspecified atom stereocenters. The molecule has 3 saturated heterocycles. The van der Waals surface area contributed by atoms with Gasteiger partial charge in [-0.05, 0) is 96.8 Å². The molecule has 108 heavy (non-hydrogen) atoms. The van der Waals surface area contributed by atoms with E-state index in [-0.39, 0.29) is 69.9 Å². The molecule has 3 aromatic heterocycles. The van der Waals surface area contributed by atoms with E-state index in [0.717, 1.165) is 0 Å². The van der Waals surface area contributed by atoms with Crippen LogP contribution in [0.4, 0.5) is 4.39 Å². The van der Waals surface area contributed by atoms with E-state index in [4.69, 9.17) is 94.5 Å². The number of ether oxygens (including phenoxy) is 7. The average Bonchev–Trinajstić information content (AvgIpc) is 1.21. The van der Waals surface area contributed by atoms with E-state index >= 15 is 0 Å². The van der Waals surface area contributed by atoms with Crippen molar-refractivity contribution in [2.24, 2.45) is 15.0 Å². The number of nitrogens with zero attached hydrogens (tertiary/aromatic N) is 9. The number of benzene rings is 3. The number of carboxylic acid groups (broad SMARTS) is 2. The second-order valence-corrected chi connectivity index (χ2v) is 31.2. The van der Waals surface area contributed by atoms with Gasteiger partial charge in [0.15, 0.2) is 32.5 Å². The molecule has 6 aliphatic heterocycles. The lowest BCUT2D eigenvalue weighted by Crippen LogP contribution is -2.58. The standard InChI is InChI=1S/C24H26BrFN4O5S.2C24H26Cl2N4O5S/c1-4-34-23(33)18-16(10-30-12-24(2,3)35-11-17(30)22(31)32)28-20(21-27-7-8-36-21)29-19(18)14-6-5-13(26)9-15(14)25;1-4-34-23(33)18-16(10-30-12-24(2,3)35-11-17(30)22(31)32)28-20(21-27-7-8-36-21)29-19(18)14-6-5-13(25)9-15(14)26;1-2-35-24(32)20-19(12-30-7-9-33-13-16(30)5-8-34-14-31)28-22(23-27-6-10-36-23)29-21(20)17-4-3-15(25)11-18(17)26/h2*5-9,17,19H,4,10-12H2,1-3H3,(H,28,29)(H,31,32);3-4,6,10-11,14,16,21H,2,5,7-9,12-13H2,1H3,(H,28,29)/t2*17-,19?;/m00./s1. The average molecular weight is 1690 g/mol. The Bertz CT molecular complexity index is 4270. The Morgan fingerprint density at radius 1 is 0.602 bits per heavy atom. The fourth-order valence-corrected chi connectivity index (χ4v) is 16.0. The third kappa shape index (κ3) is 20.9. The Balaban J connectivity index is 0.000000173. The van der Waals surface area contributed by atoms with Gasteiger partial charge in [-0.15, -0.1) is 34.0 Å². The zero-order valence-electron chi connectivity index (χ0n) is 59.5. The minimum Gasteiger partial charge on any atom is -0.480 e. The van der Waals surface area contributed by atoms with Crippen LogP contribution < -0.4 is 16.0 Å². The minimum absolute atomic E-state index is 0.00352. The predicted molar refractivity (Wildman–Crippen MR) is 410 cm³/mol. The number of halogens is 6. The number of morpholine rings is 3. The summed E-state index contributed by atoms with van der Waals surface area (Å²) in [6.45, 7) is 16.9. The van der Waals surface area contributed by atoms with Crippen molar-refractivity contribution in [1.82, 2.24) is 45.6 Å². The van der Waals surface area contributed by atoms with Gasteiger partial charge in [-0.2, -0.15) is 0 Å². The summed E-state index contributed by atoms with van der Waals surface area (Å²) in [6, 6.07) is 10.1. The van der Waals surface area contributed by atoms with Gasteiger partial charge in [0.1, 0.15) is 36.0 Å². The SMILES string of the molecule is CCOC(=O)C1=C(CN2CC(C)(C)OC[C@H]2C(=O)O)NC(c2nccs2)=NC1c1ccc(Cl)cc1Cl.CCOC(=O)C1=C(CN2CC(C)(C)OC[C@H]2C(=O)O)NC(c2nccs2)=NC1c1ccc(F)cc1Br.CCOC(=O)C1=C(CN2CCOCC2CCOC=O)NC(c2nccs2)=NC1c1ccc(Cl)cc1Cl. The molecule has 27 nitrogen and oxygen atoms in total. The minimum atomic E-state index is -1.02. The first-order valence-corrected chi connectivity index (χ1v) is 39.0. The van der Waals surface area contributed by atoms with Crippen LogP contribution in [0.15, 0.2) is 143 Å². The topological polar surface area (TPSA) is 329 Å². The molecule has 3 aromatic carbocycles. The Kier molecular flexibility index (Phi) is 29.0. The number of rotatable bonds is 24. The third-order valence-electron chi connectivity index (χ3n) is 17.5. The van der Waals surface area contributed by atoms with E-state index in [1.54, 1.807) is 97.0 Å². The van der Waals surface area contributed by atoms with Gasteiger partial charge in [0.05, 0.1) is 80.8 Å². The van der Waals surface area contributed by atoms with Crippen LogP contribution in [0.1, 0.15) is 105 Å². The van der Waals surface area contributed by atoms with E-state index in [1.165, 1.54) is 46.1 Å². The van der Waals surface area contributed by atoms with Crippen molar-refractivity contribution in [2.75, 3.05) is 92.1 Å². The Hall–Kier alpha value is -7.67. The quantitative estimate of drug-likeness (QED) is 0.0163. The Morgan fingerprint density at radius 2 is 1.00 bits per heavy atom. The number of aliphatic imine (C=N–C) groups is 3. The molecular weight excluding hydrogens is 1610 g/mol. The van der Waals surface area contributed by atoms with Crippen molar-refractivity contribution in [3.63, 3.8) is 0 Å². The number of carboxylic acids is 2. The zero-order chi connectivity index (χ0) is 77.6. The molecule has 9 heterocycles. The first-order valence-electron chi connectivity index (χ1n) is 34.1. The molecule has 0 radical (unpaired) electrons. The largest absolute Gasteiger partial charge is 0.480 e. The van der Waals surface area contributed by atoms with Crippen LogP contribution in [0.2, 0.25) is 20.1 Å². The van der Waals surface area contributed by atoms with Crippen LogP contribution >= 0.6 is 96.3 Å². The highest BCUT2D eigenvalue weighted by molar-refractivity contribution is 9.10. The number of carbonyl (C=O) groups is 6. The van der Waals surface area contributed by atoms with E-state index in [0.29, 0.717) is 149 Å². The van der Waals surface area contributed by atoms with Gasteiger partial charge in [-0.3, -0.25) is 44.1 Å². The highest BCUT2D eigenvalue weighted by Crippen LogP contribution is 2.42. The first-order chi connectivity index (χ1) is 51.7. The van der Waals surface area contributed by atoms with Gasteiger partial charge in [-0.25, -0.2) is 33.7 Å². The summed E-state index contributed by atoms with van der Waals surface area (Å²) >= 11 is 33.0. The van der Waals surface area contributed by atoms with E-state index in [2.05, 4.69) is 51.7 Å². The van der Waals surface area contributed by atoms with Crippen LogP contribution in [-0.2, 0) is 61.9 Å². The first kappa shape index (κ1) is 82.8. The number of hydrogen-bond donors (Lipinski definition) is 5. The molecule has 0 bridgehead atoms. The van der Waals surface area contributed by atoms with E-state index in [9.17, 15) is 43.4 Å². The summed E-state index contributed by atoms with van der Waals surface area (Å²) in [5.41, 5.74) is 2.99. The highest BCUT2D eigenvalue weighted by atomic mass is 79.9. The molecule has 0 saturated carbocycles. The third-order valence-corrected chi connectivity index (χ3v) is 21.6. The van der Waals surface area contributed by atoms with E-state index < -0.39 is 77.1 Å². The number of aromatic nitrogens is 3. The molecule has 12 rings (SSSR count). The second kappa shape index (κ2) is 37.8. The lowest BCUT2D eigenvalue weighted by atomic mass is 9.94. The molecule has 0 amide bonds. The summed E-state index contributed by atoms with van der Waals surface area (Å²) in [6.07, 6.45) is 5.59. The summed E-state index contributed by atoms with van der Waals surface area (Å²) in [4.78, 5) is 108. The number of carbonyl (C=O) groups excluding carboxylic acids is 4. The summed E-state index contributed by atoms with van der Waals surface area (Å²) in [7, 11) is 0. The van der Waals surface area contributed by atoms with Gasteiger partial charge < -0.3 is 59.3 Å².